The first-order chi connectivity index (χ1) is 6.79. The van der Waals surface area contributed by atoms with E-state index in [2.05, 4.69) is 10.3 Å². The van der Waals surface area contributed by atoms with E-state index in [1.165, 1.54) is 6.07 Å². The number of rotatable bonds is 2. The Kier molecular flexibility index (Phi) is 2.02. The molecule has 2 N–H and O–H groups in total. The average Bonchev–Trinajstić information content (AvgIpc) is 2.19. The van der Waals surface area contributed by atoms with Crippen molar-refractivity contribution in [2.45, 2.75) is 0 Å². The summed E-state index contributed by atoms with van der Waals surface area (Å²) >= 11 is 0. The summed E-state index contributed by atoms with van der Waals surface area (Å²) in [4.78, 5) is 23.8. The van der Waals surface area contributed by atoms with Crippen LogP contribution in [0.15, 0.2) is 35.1 Å². The highest BCUT2D eigenvalue weighted by molar-refractivity contribution is 5.84. The minimum atomic E-state index is -0.131. The van der Waals surface area contributed by atoms with Crippen LogP contribution in [0.5, 0.6) is 0 Å². The lowest BCUT2D eigenvalue weighted by atomic mass is 10.2. The maximum absolute atomic E-state index is 11.0. The van der Waals surface area contributed by atoms with E-state index >= 15 is 0 Å². The van der Waals surface area contributed by atoms with Crippen LogP contribution in [0.4, 0.5) is 5.69 Å². The first-order valence-electron chi connectivity index (χ1n) is 4.13. The van der Waals surface area contributed by atoms with Crippen LogP contribution >= 0.6 is 0 Å². The number of amides is 1. The number of carbonyl (C=O) groups is 1. The molecule has 14 heavy (non-hydrogen) atoms. The second-order valence-electron chi connectivity index (χ2n) is 2.89. The number of H-pyrrole nitrogens is 1. The Labute approximate surface area is 79.6 Å². The number of hydrogen-bond acceptors (Lipinski definition) is 2. The topological polar surface area (TPSA) is 62.0 Å². The van der Waals surface area contributed by atoms with Gasteiger partial charge in [-0.1, -0.05) is 0 Å². The molecule has 1 amide bonds. The molecule has 0 fully saturated rings. The molecule has 0 bridgehead atoms. The molecule has 4 nitrogen and oxygen atoms in total. The third-order valence-corrected chi connectivity index (χ3v) is 1.95. The van der Waals surface area contributed by atoms with Gasteiger partial charge in [-0.25, -0.2) is 0 Å². The van der Waals surface area contributed by atoms with Crippen LogP contribution in [-0.4, -0.2) is 11.4 Å². The number of anilines is 1. The predicted octanol–water partition coefficient (Wildman–Crippen LogP) is 1.10. The van der Waals surface area contributed by atoms with E-state index in [-0.39, 0.29) is 5.56 Å². The molecule has 2 aromatic rings. The summed E-state index contributed by atoms with van der Waals surface area (Å²) in [6.07, 6.45) is 0.618. The van der Waals surface area contributed by atoms with E-state index in [4.69, 9.17) is 0 Å². The fourth-order valence-electron chi connectivity index (χ4n) is 1.31. The number of nitrogens with one attached hydrogen (secondary N) is 2. The van der Waals surface area contributed by atoms with Gasteiger partial charge in [0.15, 0.2) is 0 Å². The fourth-order valence-corrected chi connectivity index (χ4v) is 1.31. The largest absolute Gasteiger partial charge is 0.329 e. The summed E-state index contributed by atoms with van der Waals surface area (Å²) < 4.78 is 0. The van der Waals surface area contributed by atoms with E-state index in [9.17, 15) is 9.59 Å². The van der Waals surface area contributed by atoms with Crippen LogP contribution in [0, 0.1) is 0 Å². The first kappa shape index (κ1) is 8.50. The van der Waals surface area contributed by atoms with Crippen molar-refractivity contribution in [2.24, 2.45) is 0 Å². The van der Waals surface area contributed by atoms with Crippen molar-refractivity contribution < 1.29 is 4.79 Å². The van der Waals surface area contributed by atoms with E-state index in [0.29, 0.717) is 12.1 Å². The number of aromatic amines is 1. The summed E-state index contributed by atoms with van der Waals surface area (Å²) in [6, 6.07) is 8.44. The Balaban J connectivity index is 2.61. The molecule has 0 aliphatic carbocycles. The molecule has 1 aromatic heterocycles. The van der Waals surface area contributed by atoms with Gasteiger partial charge in [-0.2, -0.15) is 0 Å². The van der Waals surface area contributed by atoms with Crippen LogP contribution < -0.4 is 10.9 Å². The molecule has 0 spiro atoms. The molecule has 4 heteroatoms. The van der Waals surface area contributed by atoms with Crippen molar-refractivity contribution in [3.63, 3.8) is 0 Å². The number of benzene rings is 1. The lowest BCUT2D eigenvalue weighted by molar-refractivity contribution is -0.105. The number of hydrogen-bond donors (Lipinski definition) is 2. The van der Waals surface area contributed by atoms with Gasteiger partial charge in [-0.05, 0) is 24.3 Å². The molecule has 0 saturated heterocycles. The monoisotopic (exact) mass is 188 g/mol. The van der Waals surface area contributed by atoms with Crippen molar-refractivity contribution in [3.05, 3.63) is 40.7 Å². The van der Waals surface area contributed by atoms with Crippen molar-refractivity contribution in [1.82, 2.24) is 4.98 Å². The van der Waals surface area contributed by atoms with E-state index in [1.54, 1.807) is 24.3 Å². The van der Waals surface area contributed by atoms with E-state index < -0.39 is 0 Å². The molecule has 70 valence electrons. The lowest BCUT2D eigenvalue weighted by Crippen LogP contribution is -2.02. The second kappa shape index (κ2) is 3.33. The quantitative estimate of drug-likeness (QED) is 0.693. The maximum atomic E-state index is 11.0. The van der Waals surface area contributed by atoms with Crippen molar-refractivity contribution >= 4 is 23.0 Å². The zero-order valence-electron chi connectivity index (χ0n) is 7.28. The summed E-state index contributed by atoms with van der Waals surface area (Å²) in [7, 11) is 0. The van der Waals surface area contributed by atoms with Gasteiger partial charge < -0.3 is 10.3 Å². The fraction of sp³-hybridized carbons (Fsp3) is 0. The maximum Gasteiger partial charge on any atom is 0.248 e. The Morgan fingerprint density at radius 2 is 2.07 bits per heavy atom. The number of fused-ring (bicyclic) bond motifs is 1. The van der Waals surface area contributed by atoms with Gasteiger partial charge in [-0.3, -0.25) is 9.59 Å². The molecule has 0 aliphatic rings. The van der Waals surface area contributed by atoms with Crippen LogP contribution in [0.2, 0.25) is 0 Å². The molecular formula is C10H8N2O2. The minimum Gasteiger partial charge on any atom is -0.329 e. The number of pyridine rings is 1. The van der Waals surface area contributed by atoms with E-state index in [1.807, 2.05) is 0 Å². The summed E-state index contributed by atoms with van der Waals surface area (Å²) in [5, 5.41) is 3.43. The van der Waals surface area contributed by atoms with Gasteiger partial charge in [0.25, 0.3) is 0 Å². The summed E-state index contributed by atoms with van der Waals surface area (Å²) in [5.74, 6) is 0. The summed E-state index contributed by atoms with van der Waals surface area (Å²) in [5.41, 5.74) is 1.34. The zero-order chi connectivity index (χ0) is 9.97. The molecule has 0 unspecified atom stereocenters. The van der Waals surface area contributed by atoms with Gasteiger partial charge in [0.1, 0.15) is 0 Å². The Morgan fingerprint density at radius 1 is 1.21 bits per heavy atom. The second-order valence-corrected chi connectivity index (χ2v) is 2.89. The molecule has 0 saturated carbocycles. The van der Waals surface area contributed by atoms with Crippen molar-refractivity contribution in [1.29, 1.82) is 0 Å². The average molecular weight is 188 g/mol. The molecule has 1 aromatic carbocycles. The minimum absolute atomic E-state index is 0.131. The standard InChI is InChI=1S/C10H8N2O2/c13-6-11-8-2-3-9-7(5-8)1-4-10(14)12-9/h1-6H,(H,11,13)(H,12,14). The van der Waals surface area contributed by atoms with Crippen molar-refractivity contribution in [2.75, 3.05) is 5.32 Å². The van der Waals surface area contributed by atoms with Gasteiger partial charge in [0.05, 0.1) is 0 Å². The SMILES string of the molecule is O=CNc1ccc2[nH]c(=O)ccc2c1. The number of carbonyl (C=O) groups excluding carboxylic acids is 1. The van der Waals surface area contributed by atoms with Gasteiger partial charge in [-0.15, -0.1) is 0 Å². The van der Waals surface area contributed by atoms with Gasteiger partial charge in [0.2, 0.25) is 12.0 Å². The zero-order valence-corrected chi connectivity index (χ0v) is 7.28. The molecule has 1 heterocycles. The predicted molar refractivity (Wildman–Crippen MR) is 54.3 cm³/mol. The summed E-state index contributed by atoms with van der Waals surface area (Å²) in [6.45, 7) is 0. The molecule has 0 atom stereocenters. The first-order valence-corrected chi connectivity index (χ1v) is 4.13. The normalized spacial score (nSPS) is 10.0. The number of aromatic nitrogens is 1. The lowest BCUT2D eigenvalue weighted by Gasteiger charge is -2.00. The van der Waals surface area contributed by atoms with Crippen LogP contribution in [0.25, 0.3) is 10.9 Å². The van der Waals surface area contributed by atoms with Gasteiger partial charge in [0, 0.05) is 22.7 Å². The Morgan fingerprint density at radius 3 is 2.86 bits per heavy atom. The third kappa shape index (κ3) is 1.50. The molecule has 0 radical (unpaired) electrons. The highest BCUT2D eigenvalue weighted by atomic mass is 16.1. The van der Waals surface area contributed by atoms with Crippen molar-refractivity contribution in [3.8, 4) is 0 Å². The van der Waals surface area contributed by atoms with Crippen LogP contribution in [-0.2, 0) is 4.79 Å². The molecular weight excluding hydrogens is 180 g/mol. The molecule has 2 rings (SSSR count). The smallest absolute Gasteiger partial charge is 0.248 e. The third-order valence-electron chi connectivity index (χ3n) is 1.95. The molecule has 0 aliphatic heterocycles. The van der Waals surface area contributed by atoms with E-state index in [0.717, 1.165) is 10.9 Å². The highest BCUT2D eigenvalue weighted by Crippen LogP contribution is 2.15. The Hall–Kier alpha value is -2.10. The van der Waals surface area contributed by atoms with Gasteiger partial charge >= 0.3 is 0 Å². The Bertz CT molecular complexity index is 531. The van der Waals surface area contributed by atoms with Crippen LogP contribution in [0.3, 0.4) is 0 Å². The highest BCUT2D eigenvalue weighted by Gasteiger charge is 1.95. The van der Waals surface area contributed by atoms with Crippen LogP contribution in [0.1, 0.15) is 0 Å².